The van der Waals surface area contributed by atoms with Crippen molar-refractivity contribution < 1.29 is 0 Å². The lowest BCUT2D eigenvalue weighted by Gasteiger charge is -2.20. The molecular formula is C13H12N4O. The Morgan fingerprint density at radius 3 is 2.89 bits per heavy atom. The number of nitriles is 1. The third-order valence-electron chi connectivity index (χ3n) is 3.32. The topological polar surface area (TPSA) is 72.8 Å². The van der Waals surface area contributed by atoms with E-state index in [0.29, 0.717) is 5.52 Å². The molecule has 0 bridgehead atoms. The first kappa shape index (κ1) is 10.8. The minimum Gasteiger partial charge on any atom is -0.370 e. The first-order valence-corrected chi connectivity index (χ1v) is 5.96. The molecule has 5 heteroatoms. The number of pyridine rings is 2. The van der Waals surface area contributed by atoms with Gasteiger partial charge in [0.05, 0.1) is 17.4 Å². The fraction of sp³-hybridized carbons (Fsp3) is 0.308. The third kappa shape index (κ3) is 1.54. The van der Waals surface area contributed by atoms with Crippen LogP contribution < -0.4 is 10.5 Å². The van der Waals surface area contributed by atoms with Crippen LogP contribution in [0.1, 0.15) is 18.4 Å². The van der Waals surface area contributed by atoms with Crippen LogP contribution in [0.2, 0.25) is 0 Å². The second-order valence-electron chi connectivity index (χ2n) is 4.40. The van der Waals surface area contributed by atoms with Crippen molar-refractivity contribution in [1.82, 2.24) is 9.97 Å². The first-order chi connectivity index (χ1) is 8.81. The van der Waals surface area contributed by atoms with E-state index in [2.05, 4.69) is 14.9 Å². The Morgan fingerprint density at radius 1 is 1.39 bits per heavy atom. The molecule has 1 aliphatic heterocycles. The second kappa shape index (κ2) is 4.15. The molecule has 2 aromatic rings. The average Bonchev–Trinajstić information content (AvgIpc) is 2.90. The van der Waals surface area contributed by atoms with E-state index in [1.54, 1.807) is 12.4 Å². The van der Waals surface area contributed by atoms with Gasteiger partial charge in [-0.2, -0.15) is 5.26 Å². The van der Waals surface area contributed by atoms with Gasteiger partial charge in [-0.05, 0) is 18.9 Å². The molecule has 0 radical (unpaired) electrons. The summed E-state index contributed by atoms with van der Waals surface area (Å²) in [6, 6.07) is 3.87. The standard InChI is InChI=1S/C13H12N4O/c14-7-10-12(17-5-1-2-6-17)9-3-4-15-8-11(9)16-13(10)18/h3-4,8H,1-2,5-6H2,(H,16,18). The summed E-state index contributed by atoms with van der Waals surface area (Å²) in [5.74, 6) is 0. The second-order valence-corrected chi connectivity index (χ2v) is 4.40. The van der Waals surface area contributed by atoms with E-state index in [0.717, 1.165) is 37.0 Å². The van der Waals surface area contributed by atoms with Gasteiger partial charge in [-0.25, -0.2) is 0 Å². The van der Waals surface area contributed by atoms with Gasteiger partial charge in [0, 0.05) is 24.7 Å². The molecule has 0 unspecified atom stereocenters. The Labute approximate surface area is 104 Å². The van der Waals surface area contributed by atoms with Crippen LogP contribution >= 0.6 is 0 Å². The van der Waals surface area contributed by atoms with Crippen molar-refractivity contribution in [3.8, 4) is 6.07 Å². The normalized spacial score (nSPS) is 14.9. The van der Waals surface area contributed by atoms with Crippen LogP contribution in [-0.2, 0) is 0 Å². The minimum atomic E-state index is -0.333. The van der Waals surface area contributed by atoms with Crippen molar-refractivity contribution in [3.63, 3.8) is 0 Å². The SMILES string of the molecule is N#Cc1c(N2CCCC2)c2ccncc2[nH]c1=O. The predicted molar refractivity (Wildman–Crippen MR) is 68.5 cm³/mol. The van der Waals surface area contributed by atoms with Gasteiger partial charge in [-0.3, -0.25) is 9.78 Å². The van der Waals surface area contributed by atoms with Gasteiger partial charge in [-0.15, -0.1) is 0 Å². The van der Waals surface area contributed by atoms with Crippen LogP contribution in [0.4, 0.5) is 5.69 Å². The molecule has 0 aliphatic carbocycles. The third-order valence-corrected chi connectivity index (χ3v) is 3.32. The maximum Gasteiger partial charge on any atom is 0.268 e. The van der Waals surface area contributed by atoms with Crippen molar-refractivity contribution in [1.29, 1.82) is 5.26 Å². The summed E-state index contributed by atoms with van der Waals surface area (Å²) < 4.78 is 0. The fourth-order valence-electron chi connectivity index (χ4n) is 2.50. The summed E-state index contributed by atoms with van der Waals surface area (Å²) in [6.45, 7) is 1.80. The van der Waals surface area contributed by atoms with Crippen LogP contribution in [0.25, 0.3) is 10.9 Å². The molecule has 2 aromatic heterocycles. The molecule has 1 saturated heterocycles. The molecule has 0 spiro atoms. The molecule has 0 atom stereocenters. The van der Waals surface area contributed by atoms with E-state index < -0.39 is 0 Å². The number of aromatic amines is 1. The monoisotopic (exact) mass is 240 g/mol. The van der Waals surface area contributed by atoms with Crippen LogP contribution in [-0.4, -0.2) is 23.1 Å². The number of H-pyrrole nitrogens is 1. The predicted octanol–water partition coefficient (Wildman–Crippen LogP) is 1.39. The zero-order valence-electron chi connectivity index (χ0n) is 9.81. The van der Waals surface area contributed by atoms with Crippen LogP contribution in [0, 0.1) is 11.3 Å². The maximum absolute atomic E-state index is 11.9. The van der Waals surface area contributed by atoms with Crippen LogP contribution in [0.15, 0.2) is 23.3 Å². The lowest BCUT2D eigenvalue weighted by atomic mass is 10.1. The molecule has 0 saturated carbocycles. The molecule has 0 aromatic carbocycles. The summed E-state index contributed by atoms with van der Waals surface area (Å²) in [5.41, 5.74) is 1.31. The molecule has 90 valence electrons. The number of aromatic nitrogens is 2. The van der Waals surface area contributed by atoms with E-state index in [1.807, 2.05) is 12.1 Å². The van der Waals surface area contributed by atoms with Crippen molar-refractivity contribution in [2.75, 3.05) is 18.0 Å². The maximum atomic E-state index is 11.9. The molecular weight excluding hydrogens is 228 g/mol. The Morgan fingerprint density at radius 2 is 2.17 bits per heavy atom. The molecule has 1 aliphatic rings. The Balaban J connectivity index is 2.37. The Hall–Kier alpha value is -2.35. The van der Waals surface area contributed by atoms with Crippen molar-refractivity contribution >= 4 is 16.6 Å². The highest BCUT2D eigenvalue weighted by molar-refractivity contribution is 5.93. The van der Waals surface area contributed by atoms with Gasteiger partial charge in [-0.1, -0.05) is 0 Å². The van der Waals surface area contributed by atoms with Crippen molar-refractivity contribution in [3.05, 3.63) is 34.4 Å². The summed E-state index contributed by atoms with van der Waals surface area (Å²) in [7, 11) is 0. The quantitative estimate of drug-likeness (QED) is 0.817. The van der Waals surface area contributed by atoms with E-state index in [1.165, 1.54) is 0 Å². The van der Waals surface area contributed by atoms with E-state index in [4.69, 9.17) is 0 Å². The van der Waals surface area contributed by atoms with E-state index in [-0.39, 0.29) is 11.1 Å². The van der Waals surface area contributed by atoms with Gasteiger partial charge in [0.2, 0.25) is 0 Å². The molecule has 1 N–H and O–H groups in total. The molecule has 3 rings (SSSR count). The van der Waals surface area contributed by atoms with Crippen molar-refractivity contribution in [2.45, 2.75) is 12.8 Å². The zero-order valence-corrected chi connectivity index (χ0v) is 9.81. The molecule has 1 fully saturated rings. The van der Waals surface area contributed by atoms with Crippen molar-refractivity contribution in [2.24, 2.45) is 0 Å². The van der Waals surface area contributed by atoms with Crippen LogP contribution in [0.5, 0.6) is 0 Å². The number of hydrogen-bond donors (Lipinski definition) is 1. The first-order valence-electron chi connectivity index (χ1n) is 5.96. The lowest BCUT2D eigenvalue weighted by Crippen LogP contribution is -2.23. The number of anilines is 1. The summed E-state index contributed by atoms with van der Waals surface area (Å²) in [6.07, 6.45) is 5.51. The highest BCUT2D eigenvalue weighted by atomic mass is 16.1. The zero-order chi connectivity index (χ0) is 12.5. The van der Waals surface area contributed by atoms with Gasteiger partial charge >= 0.3 is 0 Å². The Kier molecular flexibility index (Phi) is 2.49. The molecule has 0 amide bonds. The molecule has 18 heavy (non-hydrogen) atoms. The van der Waals surface area contributed by atoms with Gasteiger partial charge in [0.15, 0.2) is 0 Å². The van der Waals surface area contributed by atoms with E-state index in [9.17, 15) is 10.1 Å². The highest BCUT2D eigenvalue weighted by Gasteiger charge is 2.21. The van der Waals surface area contributed by atoms with Gasteiger partial charge < -0.3 is 9.88 Å². The highest BCUT2D eigenvalue weighted by Crippen LogP contribution is 2.29. The largest absolute Gasteiger partial charge is 0.370 e. The number of nitrogens with zero attached hydrogens (tertiary/aromatic N) is 3. The number of nitrogens with one attached hydrogen (secondary N) is 1. The minimum absolute atomic E-state index is 0.204. The molecule has 5 nitrogen and oxygen atoms in total. The number of hydrogen-bond acceptors (Lipinski definition) is 4. The van der Waals surface area contributed by atoms with Crippen LogP contribution in [0.3, 0.4) is 0 Å². The molecule has 3 heterocycles. The summed E-state index contributed by atoms with van der Waals surface area (Å²) in [5, 5.41) is 10.1. The lowest BCUT2D eigenvalue weighted by molar-refractivity contribution is 0.949. The van der Waals surface area contributed by atoms with E-state index >= 15 is 0 Å². The average molecular weight is 240 g/mol. The summed E-state index contributed by atoms with van der Waals surface area (Å²) in [4.78, 5) is 20.7. The van der Waals surface area contributed by atoms with Gasteiger partial charge in [0.1, 0.15) is 11.6 Å². The number of fused-ring (bicyclic) bond motifs is 1. The Bertz CT molecular complexity index is 692. The smallest absolute Gasteiger partial charge is 0.268 e. The fourth-order valence-corrected chi connectivity index (χ4v) is 2.50. The van der Waals surface area contributed by atoms with Gasteiger partial charge in [0.25, 0.3) is 5.56 Å². The summed E-state index contributed by atoms with van der Waals surface area (Å²) >= 11 is 0. The number of rotatable bonds is 1.